The van der Waals surface area contributed by atoms with E-state index in [1.165, 1.54) is 28.8 Å². The molecule has 1 heterocycles. The SMILES string of the molecule is CC(C)Oc1ccc(S(=O)(=O)NCCN2C(=O)CSC2=S)cc1. The van der Waals surface area contributed by atoms with Gasteiger partial charge in [0.05, 0.1) is 16.8 Å². The van der Waals surface area contributed by atoms with Gasteiger partial charge in [0.1, 0.15) is 10.1 Å². The number of ether oxygens (including phenoxy) is 1. The lowest BCUT2D eigenvalue weighted by Crippen LogP contribution is -2.37. The summed E-state index contributed by atoms with van der Waals surface area (Å²) in [6.45, 7) is 4.14. The number of thioether (sulfide) groups is 1. The van der Waals surface area contributed by atoms with Gasteiger partial charge in [-0.05, 0) is 38.1 Å². The second-order valence-corrected chi connectivity index (χ2v) is 8.51. The molecule has 1 aliphatic rings. The number of amides is 1. The number of nitrogens with one attached hydrogen (secondary N) is 1. The van der Waals surface area contributed by atoms with Crippen molar-refractivity contribution in [3.8, 4) is 5.75 Å². The number of benzene rings is 1. The Morgan fingerprint density at radius 2 is 2.00 bits per heavy atom. The summed E-state index contributed by atoms with van der Waals surface area (Å²) in [4.78, 5) is 13.1. The highest BCUT2D eigenvalue weighted by Crippen LogP contribution is 2.19. The first-order valence-electron chi connectivity index (χ1n) is 7.03. The third-order valence-electron chi connectivity index (χ3n) is 2.97. The van der Waals surface area contributed by atoms with E-state index < -0.39 is 10.0 Å². The summed E-state index contributed by atoms with van der Waals surface area (Å²) in [7, 11) is -3.63. The Bertz CT molecular complexity index is 670. The van der Waals surface area contributed by atoms with Crippen LogP contribution in [0.2, 0.25) is 0 Å². The van der Waals surface area contributed by atoms with Crippen molar-refractivity contribution in [2.45, 2.75) is 24.8 Å². The zero-order valence-electron chi connectivity index (χ0n) is 12.8. The largest absolute Gasteiger partial charge is 0.491 e. The first kappa shape index (κ1) is 18.2. The van der Waals surface area contributed by atoms with Crippen LogP contribution in [0.4, 0.5) is 0 Å². The molecule has 0 aromatic heterocycles. The standard InChI is InChI=1S/C14H18N2O4S3/c1-10(2)20-11-3-5-12(6-4-11)23(18,19)15-7-8-16-13(17)9-22-14(16)21/h3-6,10,15H,7-9H2,1-2H3. The molecule has 1 amide bonds. The third-order valence-corrected chi connectivity index (χ3v) is 5.88. The highest BCUT2D eigenvalue weighted by atomic mass is 32.2. The van der Waals surface area contributed by atoms with Crippen LogP contribution in [0.25, 0.3) is 0 Å². The van der Waals surface area contributed by atoms with Crippen LogP contribution in [0, 0.1) is 0 Å². The predicted molar refractivity (Wildman–Crippen MR) is 94.2 cm³/mol. The fourth-order valence-electron chi connectivity index (χ4n) is 1.94. The highest BCUT2D eigenvalue weighted by molar-refractivity contribution is 8.23. The summed E-state index contributed by atoms with van der Waals surface area (Å²) in [5, 5.41) is 0. The fraction of sp³-hybridized carbons (Fsp3) is 0.429. The minimum absolute atomic E-state index is 0.0234. The Labute approximate surface area is 145 Å². The highest BCUT2D eigenvalue weighted by Gasteiger charge is 2.26. The molecule has 1 saturated heterocycles. The van der Waals surface area contributed by atoms with Gasteiger partial charge in [0.2, 0.25) is 15.9 Å². The Balaban J connectivity index is 1.93. The molecule has 0 atom stereocenters. The van der Waals surface area contributed by atoms with E-state index in [0.717, 1.165) is 0 Å². The number of sulfonamides is 1. The first-order chi connectivity index (χ1) is 10.8. The summed E-state index contributed by atoms with van der Waals surface area (Å²) >= 11 is 6.33. The normalized spacial score (nSPS) is 15.5. The Morgan fingerprint density at radius 1 is 1.35 bits per heavy atom. The van der Waals surface area contributed by atoms with E-state index in [2.05, 4.69) is 4.72 Å². The molecule has 23 heavy (non-hydrogen) atoms. The molecule has 0 radical (unpaired) electrons. The molecule has 2 rings (SSSR count). The molecule has 0 aliphatic carbocycles. The number of carbonyl (C=O) groups excluding carboxylic acids is 1. The van der Waals surface area contributed by atoms with Crippen LogP contribution >= 0.6 is 24.0 Å². The van der Waals surface area contributed by atoms with Crippen molar-refractivity contribution in [1.29, 1.82) is 0 Å². The summed E-state index contributed by atoms with van der Waals surface area (Å²) in [5.41, 5.74) is 0. The van der Waals surface area contributed by atoms with Crippen molar-refractivity contribution < 1.29 is 17.9 Å². The first-order valence-corrected chi connectivity index (χ1v) is 9.91. The number of carbonyl (C=O) groups is 1. The van der Waals surface area contributed by atoms with Crippen LogP contribution in [0.5, 0.6) is 5.75 Å². The molecule has 126 valence electrons. The van der Waals surface area contributed by atoms with Crippen molar-refractivity contribution in [3.05, 3.63) is 24.3 Å². The summed E-state index contributed by atoms with van der Waals surface area (Å²) in [6, 6.07) is 6.21. The van der Waals surface area contributed by atoms with Crippen LogP contribution in [-0.4, -0.2) is 48.5 Å². The lowest BCUT2D eigenvalue weighted by atomic mass is 10.3. The number of nitrogens with zero attached hydrogens (tertiary/aromatic N) is 1. The molecule has 1 aromatic carbocycles. The second kappa shape index (κ2) is 7.61. The number of hydrogen-bond acceptors (Lipinski definition) is 6. The van der Waals surface area contributed by atoms with Crippen molar-refractivity contribution >= 4 is 44.2 Å². The van der Waals surface area contributed by atoms with Crippen molar-refractivity contribution in [2.24, 2.45) is 0 Å². The van der Waals surface area contributed by atoms with Crippen molar-refractivity contribution in [1.82, 2.24) is 9.62 Å². The summed E-state index contributed by atoms with van der Waals surface area (Å²) in [6.07, 6.45) is 0.0234. The van der Waals surface area contributed by atoms with Crippen molar-refractivity contribution in [2.75, 3.05) is 18.8 Å². The molecule has 0 spiro atoms. The van der Waals surface area contributed by atoms with E-state index in [4.69, 9.17) is 17.0 Å². The molecule has 1 aromatic rings. The second-order valence-electron chi connectivity index (χ2n) is 5.14. The number of thiocarbonyl (C=S) groups is 1. The zero-order chi connectivity index (χ0) is 17.0. The Kier molecular flexibility index (Phi) is 6.01. The van der Waals surface area contributed by atoms with E-state index in [1.807, 2.05) is 13.8 Å². The molecule has 1 fully saturated rings. The zero-order valence-corrected chi connectivity index (χ0v) is 15.3. The summed E-state index contributed by atoms with van der Waals surface area (Å²) < 4.78 is 32.9. The molecule has 1 N–H and O–H groups in total. The van der Waals surface area contributed by atoms with E-state index in [0.29, 0.717) is 15.8 Å². The number of rotatable bonds is 7. The number of hydrogen-bond donors (Lipinski definition) is 1. The monoisotopic (exact) mass is 374 g/mol. The molecular weight excluding hydrogens is 356 g/mol. The van der Waals surface area contributed by atoms with Gasteiger partial charge in [0.25, 0.3) is 0 Å². The van der Waals surface area contributed by atoms with Gasteiger partial charge < -0.3 is 4.74 Å². The minimum atomic E-state index is -3.63. The van der Waals surface area contributed by atoms with E-state index in [1.54, 1.807) is 12.1 Å². The van der Waals surface area contributed by atoms with Crippen LogP contribution in [0.1, 0.15) is 13.8 Å². The van der Waals surface area contributed by atoms with Gasteiger partial charge in [-0.25, -0.2) is 13.1 Å². The molecule has 0 saturated carbocycles. The lowest BCUT2D eigenvalue weighted by Gasteiger charge is -2.15. The van der Waals surface area contributed by atoms with Crippen molar-refractivity contribution in [3.63, 3.8) is 0 Å². The Morgan fingerprint density at radius 3 is 2.52 bits per heavy atom. The molecular formula is C14H18N2O4S3. The van der Waals surface area contributed by atoms with E-state index in [-0.39, 0.29) is 30.0 Å². The lowest BCUT2D eigenvalue weighted by molar-refractivity contribution is -0.123. The van der Waals surface area contributed by atoms with Gasteiger partial charge in [-0.1, -0.05) is 24.0 Å². The maximum Gasteiger partial charge on any atom is 0.240 e. The third kappa shape index (κ3) is 4.90. The maximum atomic E-state index is 12.2. The fourth-order valence-corrected chi connectivity index (χ4v) is 4.08. The van der Waals surface area contributed by atoms with Crippen LogP contribution < -0.4 is 9.46 Å². The van der Waals surface area contributed by atoms with E-state index in [9.17, 15) is 13.2 Å². The molecule has 6 nitrogen and oxygen atoms in total. The van der Waals surface area contributed by atoms with Gasteiger partial charge in [-0.3, -0.25) is 9.69 Å². The molecule has 0 bridgehead atoms. The summed E-state index contributed by atoms with van der Waals surface area (Å²) in [5.74, 6) is 0.849. The molecule has 1 aliphatic heterocycles. The quantitative estimate of drug-likeness (QED) is 0.731. The smallest absolute Gasteiger partial charge is 0.240 e. The van der Waals surface area contributed by atoms with Gasteiger partial charge in [0.15, 0.2) is 0 Å². The maximum absolute atomic E-state index is 12.2. The minimum Gasteiger partial charge on any atom is -0.491 e. The van der Waals surface area contributed by atoms with Gasteiger partial charge in [-0.2, -0.15) is 0 Å². The predicted octanol–water partition coefficient (Wildman–Crippen LogP) is 1.61. The average Bonchev–Trinajstić information content (AvgIpc) is 2.79. The van der Waals surface area contributed by atoms with Gasteiger partial charge >= 0.3 is 0 Å². The van der Waals surface area contributed by atoms with Gasteiger partial charge in [0, 0.05) is 13.1 Å². The molecule has 9 heteroatoms. The van der Waals surface area contributed by atoms with E-state index >= 15 is 0 Å². The Hall–Kier alpha value is -1.16. The average molecular weight is 375 g/mol. The molecule has 0 unspecified atom stereocenters. The van der Waals surface area contributed by atoms with Gasteiger partial charge in [-0.15, -0.1) is 0 Å². The topological polar surface area (TPSA) is 75.7 Å². The van der Waals surface area contributed by atoms with Crippen LogP contribution in [0.3, 0.4) is 0 Å². The van der Waals surface area contributed by atoms with Crippen LogP contribution in [-0.2, 0) is 14.8 Å². The van der Waals surface area contributed by atoms with Crippen LogP contribution in [0.15, 0.2) is 29.2 Å².